The summed E-state index contributed by atoms with van der Waals surface area (Å²) >= 11 is 5.96. The standard InChI is InChI=1S/C22H13ClF2N2O3/c23-13-7-5-9-15(25)18(13)21(28)27-19-12-6-1-4-11-17(12)30-20(19)22(29)26-16-10-3-2-8-14(16)24/h1-11H,(H,26,29)(H,27,28). The van der Waals surface area contributed by atoms with Crippen LogP contribution in [0.4, 0.5) is 20.2 Å². The van der Waals surface area contributed by atoms with Crippen molar-refractivity contribution in [3.05, 3.63) is 94.7 Å². The summed E-state index contributed by atoms with van der Waals surface area (Å²) in [5, 5.41) is 5.23. The van der Waals surface area contributed by atoms with Gasteiger partial charge in [0.15, 0.2) is 0 Å². The van der Waals surface area contributed by atoms with Crippen LogP contribution in [0.2, 0.25) is 5.02 Å². The zero-order valence-corrected chi connectivity index (χ0v) is 16.0. The topological polar surface area (TPSA) is 71.3 Å². The van der Waals surface area contributed by atoms with E-state index in [4.69, 9.17) is 16.0 Å². The smallest absolute Gasteiger partial charge is 0.293 e. The van der Waals surface area contributed by atoms with E-state index < -0.39 is 23.4 Å². The van der Waals surface area contributed by atoms with Gasteiger partial charge in [0.2, 0.25) is 5.76 Å². The lowest BCUT2D eigenvalue weighted by molar-refractivity contribution is 0.0999. The third-order valence-corrected chi connectivity index (χ3v) is 4.67. The Hall–Kier alpha value is -3.71. The molecule has 8 heteroatoms. The van der Waals surface area contributed by atoms with Gasteiger partial charge >= 0.3 is 0 Å². The second-order valence-corrected chi connectivity index (χ2v) is 6.69. The van der Waals surface area contributed by atoms with Gasteiger partial charge in [-0.1, -0.05) is 41.9 Å². The number of hydrogen-bond acceptors (Lipinski definition) is 3. The molecule has 0 atom stereocenters. The van der Waals surface area contributed by atoms with Gasteiger partial charge in [0.05, 0.1) is 16.3 Å². The molecule has 2 amide bonds. The number of amides is 2. The first-order valence-electron chi connectivity index (χ1n) is 8.78. The lowest BCUT2D eigenvalue weighted by Crippen LogP contribution is -2.18. The Kier molecular flexibility index (Phi) is 5.20. The van der Waals surface area contributed by atoms with Crippen LogP contribution >= 0.6 is 11.6 Å². The number of furan rings is 1. The zero-order valence-electron chi connectivity index (χ0n) is 15.2. The normalized spacial score (nSPS) is 10.8. The summed E-state index contributed by atoms with van der Waals surface area (Å²) in [6.07, 6.45) is 0. The van der Waals surface area contributed by atoms with Crippen molar-refractivity contribution in [3.63, 3.8) is 0 Å². The molecule has 5 nitrogen and oxygen atoms in total. The van der Waals surface area contributed by atoms with Crippen LogP contribution in [0.5, 0.6) is 0 Å². The van der Waals surface area contributed by atoms with E-state index in [9.17, 15) is 18.4 Å². The molecule has 0 aliphatic rings. The number of carbonyl (C=O) groups excluding carboxylic acids is 2. The number of anilines is 2. The molecule has 4 rings (SSSR count). The highest BCUT2D eigenvalue weighted by Gasteiger charge is 2.25. The predicted octanol–water partition coefficient (Wildman–Crippen LogP) is 5.87. The third-order valence-electron chi connectivity index (χ3n) is 4.35. The fourth-order valence-corrected chi connectivity index (χ4v) is 3.21. The minimum absolute atomic E-state index is 0.0174. The minimum Gasteiger partial charge on any atom is -0.449 e. The molecule has 0 bridgehead atoms. The minimum atomic E-state index is -0.857. The van der Waals surface area contributed by atoms with Crippen molar-refractivity contribution in [1.82, 2.24) is 0 Å². The number of nitrogens with one attached hydrogen (secondary N) is 2. The zero-order chi connectivity index (χ0) is 21.3. The Balaban J connectivity index is 1.75. The fraction of sp³-hybridized carbons (Fsp3) is 0. The molecule has 0 unspecified atom stereocenters. The van der Waals surface area contributed by atoms with Gasteiger partial charge in [0.1, 0.15) is 22.9 Å². The maximum absolute atomic E-state index is 14.1. The molecule has 1 aromatic heterocycles. The van der Waals surface area contributed by atoms with Crippen molar-refractivity contribution < 1.29 is 22.8 Å². The Bertz CT molecular complexity index is 1270. The third kappa shape index (κ3) is 3.62. The maximum Gasteiger partial charge on any atom is 0.293 e. The lowest BCUT2D eigenvalue weighted by Gasteiger charge is -2.09. The van der Waals surface area contributed by atoms with Gasteiger partial charge in [-0.05, 0) is 36.4 Å². The lowest BCUT2D eigenvalue weighted by atomic mass is 10.1. The molecule has 3 aromatic carbocycles. The number of para-hydroxylation sites is 2. The van der Waals surface area contributed by atoms with Gasteiger partial charge in [-0.2, -0.15) is 0 Å². The second-order valence-electron chi connectivity index (χ2n) is 6.29. The van der Waals surface area contributed by atoms with Crippen LogP contribution in [0.25, 0.3) is 11.0 Å². The number of carbonyl (C=O) groups is 2. The monoisotopic (exact) mass is 426 g/mol. The van der Waals surface area contributed by atoms with Gasteiger partial charge in [-0.3, -0.25) is 9.59 Å². The van der Waals surface area contributed by atoms with Crippen LogP contribution in [0.3, 0.4) is 0 Å². The summed E-state index contributed by atoms with van der Waals surface area (Å²) in [4.78, 5) is 25.5. The summed E-state index contributed by atoms with van der Waals surface area (Å²) in [6.45, 7) is 0. The van der Waals surface area contributed by atoms with Gasteiger partial charge in [-0.15, -0.1) is 0 Å². The maximum atomic E-state index is 14.1. The van der Waals surface area contributed by atoms with E-state index >= 15 is 0 Å². The highest BCUT2D eigenvalue weighted by Crippen LogP contribution is 2.33. The number of rotatable bonds is 4. The van der Waals surface area contributed by atoms with Gasteiger partial charge < -0.3 is 15.1 Å². The van der Waals surface area contributed by atoms with Crippen molar-refractivity contribution in [2.45, 2.75) is 0 Å². The highest BCUT2D eigenvalue weighted by atomic mass is 35.5. The molecule has 1 heterocycles. The molecule has 150 valence electrons. The van der Waals surface area contributed by atoms with Crippen molar-refractivity contribution in [2.75, 3.05) is 10.6 Å². The van der Waals surface area contributed by atoms with E-state index in [0.29, 0.717) is 11.0 Å². The molecule has 0 fully saturated rings. The molecular formula is C22H13ClF2N2O3. The molecule has 0 spiro atoms. The van der Waals surface area contributed by atoms with E-state index in [-0.39, 0.29) is 27.7 Å². The first-order valence-corrected chi connectivity index (χ1v) is 9.16. The van der Waals surface area contributed by atoms with Gasteiger partial charge in [-0.25, -0.2) is 8.78 Å². The Morgan fingerprint density at radius 1 is 0.800 bits per heavy atom. The average molecular weight is 427 g/mol. The Morgan fingerprint density at radius 3 is 2.27 bits per heavy atom. The number of fused-ring (bicyclic) bond motifs is 1. The largest absolute Gasteiger partial charge is 0.449 e. The van der Waals surface area contributed by atoms with Gasteiger partial charge in [0, 0.05) is 5.39 Å². The summed E-state index contributed by atoms with van der Waals surface area (Å²) in [7, 11) is 0. The fourth-order valence-electron chi connectivity index (χ4n) is 2.96. The van der Waals surface area contributed by atoms with Crippen LogP contribution in [-0.2, 0) is 0 Å². The number of hydrogen-bond donors (Lipinski definition) is 2. The molecular weight excluding hydrogens is 414 g/mol. The molecule has 0 saturated carbocycles. The first kappa shape index (κ1) is 19.6. The summed E-state index contributed by atoms with van der Waals surface area (Å²) < 4.78 is 33.7. The molecule has 0 aliphatic heterocycles. The quantitative estimate of drug-likeness (QED) is 0.428. The first-order chi connectivity index (χ1) is 14.5. The van der Waals surface area contributed by atoms with E-state index in [1.54, 1.807) is 30.3 Å². The predicted molar refractivity (Wildman–Crippen MR) is 110 cm³/mol. The van der Waals surface area contributed by atoms with Crippen LogP contribution in [-0.4, -0.2) is 11.8 Å². The van der Waals surface area contributed by atoms with Crippen molar-refractivity contribution in [3.8, 4) is 0 Å². The number of halogens is 3. The van der Waals surface area contributed by atoms with E-state index in [0.717, 1.165) is 6.07 Å². The Labute approximate surface area is 174 Å². The SMILES string of the molecule is O=C(Nc1ccccc1F)c1oc2ccccc2c1NC(=O)c1c(F)cccc1Cl. The molecule has 0 saturated heterocycles. The van der Waals surface area contributed by atoms with Crippen LogP contribution in [0.15, 0.2) is 71.1 Å². The van der Waals surface area contributed by atoms with Crippen LogP contribution < -0.4 is 10.6 Å². The van der Waals surface area contributed by atoms with Gasteiger partial charge in [0.25, 0.3) is 11.8 Å². The molecule has 0 aliphatic carbocycles. The highest BCUT2D eigenvalue weighted by molar-refractivity contribution is 6.34. The van der Waals surface area contributed by atoms with Crippen molar-refractivity contribution in [2.24, 2.45) is 0 Å². The second kappa shape index (κ2) is 7.96. The molecule has 2 N–H and O–H groups in total. The van der Waals surface area contributed by atoms with E-state index in [2.05, 4.69) is 10.6 Å². The molecule has 30 heavy (non-hydrogen) atoms. The molecule has 0 radical (unpaired) electrons. The van der Waals surface area contributed by atoms with Crippen LogP contribution in [0.1, 0.15) is 20.9 Å². The molecule has 4 aromatic rings. The Morgan fingerprint density at radius 2 is 1.50 bits per heavy atom. The van der Waals surface area contributed by atoms with E-state index in [1.807, 2.05) is 0 Å². The van der Waals surface area contributed by atoms with E-state index in [1.165, 1.54) is 30.3 Å². The number of benzene rings is 3. The summed E-state index contributed by atoms with van der Waals surface area (Å²) in [6, 6.07) is 16.0. The average Bonchev–Trinajstić information content (AvgIpc) is 3.08. The van der Waals surface area contributed by atoms with Crippen LogP contribution in [0, 0.1) is 11.6 Å². The van der Waals surface area contributed by atoms with Crippen molar-refractivity contribution in [1.29, 1.82) is 0 Å². The summed E-state index contributed by atoms with van der Waals surface area (Å²) in [5.74, 6) is -3.35. The van der Waals surface area contributed by atoms with Crippen molar-refractivity contribution >= 4 is 45.8 Å². The summed E-state index contributed by atoms with van der Waals surface area (Å²) in [5.41, 5.74) is -0.0998.